The van der Waals surface area contributed by atoms with Gasteiger partial charge in [-0.05, 0) is 12.1 Å². The van der Waals surface area contributed by atoms with Crippen molar-refractivity contribution in [3.05, 3.63) is 55.7 Å². The van der Waals surface area contributed by atoms with Gasteiger partial charge in [0.1, 0.15) is 0 Å². The number of H-pyrrole nitrogens is 1. The van der Waals surface area contributed by atoms with Crippen LogP contribution in [0.5, 0.6) is 5.75 Å². The maximum absolute atomic E-state index is 13.7. The molecule has 0 saturated heterocycles. The minimum atomic E-state index is -5.84. The fourth-order valence-corrected chi connectivity index (χ4v) is 2.02. The molecule has 9 nitrogen and oxygen atoms in total. The topological polar surface area (TPSA) is 140 Å². The number of benzene rings is 1. The predicted molar refractivity (Wildman–Crippen MR) is 88.3 cm³/mol. The van der Waals surface area contributed by atoms with Crippen LogP contribution in [-0.2, 0) is 10.1 Å². The maximum atomic E-state index is 13.7. The van der Waals surface area contributed by atoms with Crippen molar-refractivity contribution >= 4 is 27.4 Å². The molecule has 1 aromatic heterocycles. The number of rotatable bonds is 3. The van der Waals surface area contributed by atoms with Gasteiger partial charge in [-0.2, -0.15) is 21.6 Å². The van der Waals surface area contributed by atoms with E-state index in [4.69, 9.17) is 29.3 Å². The number of halogens is 5. The molecule has 154 valence electrons. The van der Waals surface area contributed by atoms with Gasteiger partial charge in [-0.3, -0.25) is 19.5 Å². The van der Waals surface area contributed by atoms with Gasteiger partial charge in [0.2, 0.25) is 0 Å². The van der Waals surface area contributed by atoms with E-state index in [9.17, 15) is 32.5 Å². The molecule has 15 heteroatoms. The number of aromatic nitrogens is 1. The van der Waals surface area contributed by atoms with E-state index in [1.54, 1.807) is 0 Å². The smallest absolute Gasteiger partial charge is 0.494 e. The number of pyridine rings is 1. The van der Waals surface area contributed by atoms with E-state index in [1.165, 1.54) is 25.4 Å². The van der Waals surface area contributed by atoms with Crippen LogP contribution in [0.2, 0.25) is 5.02 Å². The lowest BCUT2D eigenvalue weighted by atomic mass is 10.0. The van der Waals surface area contributed by atoms with Crippen LogP contribution in [-0.4, -0.2) is 35.5 Å². The van der Waals surface area contributed by atoms with Crippen LogP contribution < -0.4 is 10.3 Å². The number of ether oxygens (including phenoxy) is 1. The Bertz CT molecular complexity index is 1050. The van der Waals surface area contributed by atoms with Crippen molar-refractivity contribution in [3.63, 3.8) is 0 Å². The van der Waals surface area contributed by atoms with Gasteiger partial charge in [0.25, 0.3) is 0 Å². The van der Waals surface area contributed by atoms with E-state index in [2.05, 4.69) is 4.98 Å². The Kier molecular flexibility index (Phi) is 7.11. The first-order chi connectivity index (χ1) is 12.7. The van der Waals surface area contributed by atoms with Gasteiger partial charge < -0.3 is 9.72 Å². The van der Waals surface area contributed by atoms with Crippen molar-refractivity contribution in [2.75, 3.05) is 7.11 Å². The van der Waals surface area contributed by atoms with Crippen LogP contribution in [0.4, 0.5) is 23.2 Å². The number of nitrogens with zero attached hydrogens (tertiary/aromatic N) is 1. The lowest BCUT2D eigenvalue weighted by Crippen LogP contribution is -2.21. The highest BCUT2D eigenvalue weighted by molar-refractivity contribution is 7.86. The molecule has 2 N–H and O–H groups in total. The highest BCUT2D eigenvalue weighted by Crippen LogP contribution is 2.36. The minimum absolute atomic E-state index is 0.0388. The van der Waals surface area contributed by atoms with E-state index in [1.807, 2.05) is 0 Å². The first-order valence-electron chi connectivity index (χ1n) is 6.64. The van der Waals surface area contributed by atoms with E-state index in [0.29, 0.717) is 0 Å². The Morgan fingerprint density at radius 3 is 2.25 bits per heavy atom. The van der Waals surface area contributed by atoms with E-state index < -0.39 is 37.6 Å². The second kappa shape index (κ2) is 8.53. The summed E-state index contributed by atoms with van der Waals surface area (Å²) in [4.78, 5) is 23.8. The fourth-order valence-electron chi connectivity index (χ4n) is 1.76. The summed E-state index contributed by atoms with van der Waals surface area (Å²) in [7, 11) is -4.57. The number of nitrogens with one attached hydrogen (secondary N) is 1. The zero-order valence-corrected chi connectivity index (χ0v) is 15.0. The summed E-state index contributed by atoms with van der Waals surface area (Å²) >= 11 is 5.96. The summed E-state index contributed by atoms with van der Waals surface area (Å²) in [5, 5.41) is 11.0. The number of methoxy groups -OCH3 is 1. The SMILES string of the molecule is COc1cc(Cl)c(-c2cc[nH]c(=O)c2[N+](=O)[O-])cc1F.O=S(=O)(O)C(F)(F)F. The second-order valence-electron chi connectivity index (χ2n) is 4.71. The summed E-state index contributed by atoms with van der Waals surface area (Å²) < 4.78 is 76.0. The summed E-state index contributed by atoms with van der Waals surface area (Å²) in [5.41, 5.74) is -7.14. The molecule has 0 amide bonds. The molecule has 0 aliphatic carbocycles. The number of hydrogen-bond acceptors (Lipinski definition) is 6. The Morgan fingerprint density at radius 1 is 1.29 bits per heavy atom. The average Bonchev–Trinajstić information content (AvgIpc) is 2.54. The standard InChI is InChI=1S/C12H8ClFN2O4.CHF3O3S/c1-20-10-5-8(13)7(4-9(10)14)6-2-3-15-12(17)11(6)16(18)19;2-1(3,4)8(5,6)7/h2-5H,1H3,(H,15,17);(H,5,6,7). The average molecular weight is 449 g/mol. The fraction of sp³-hybridized carbons (Fsp3) is 0.154. The van der Waals surface area contributed by atoms with Gasteiger partial charge in [0.15, 0.2) is 11.6 Å². The third kappa shape index (κ3) is 5.40. The largest absolute Gasteiger partial charge is 0.522 e. The molecule has 0 saturated carbocycles. The number of nitro groups is 1. The summed E-state index contributed by atoms with van der Waals surface area (Å²) in [6.45, 7) is 0. The van der Waals surface area contributed by atoms with Crippen molar-refractivity contribution in [2.45, 2.75) is 5.51 Å². The molecule has 2 rings (SSSR count). The predicted octanol–water partition coefficient (Wildman–Crippen LogP) is 3.15. The minimum Gasteiger partial charge on any atom is -0.494 e. The number of hydrogen-bond donors (Lipinski definition) is 2. The molecule has 0 spiro atoms. The first-order valence-corrected chi connectivity index (χ1v) is 8.45. The summed E-state index contributed by atoms with van der Waals surface area (Å²) in [6, 6.07) is 3.47. The highest BCUT2D eigenvalue weighted by atomic mass is 35.5. The second-order valence-corrected chi connectivity index (χ2v) is 6.53. The monoisotopic (exact) mass is 448 g/mol. The molecule has 2 aromatic rings. The number of aromatic amines is 1. The van der Waals surface area contributed by atoms with Crippen LogP contribution in [0.1, 0.15) is 0 Å². The molecule has 0 aliphatic heterocycles. The van der Waals surface area contributed by atoms with Crippen molar-refractivity contribution < 1.29 is 40.2 Å². The number of alkyl halides is 3. The van der Waals surface area contributed by atoms with Gasteiger partial charge in [-0.15, -0.1) is 0 Å². The van der Waals surface area contributed by atoms with Crippen LogP contribution in [0.3, 0.4) is 0 Å². The molecule has 0 fully saturated rings. The molecule has 1 heterocycles. The zero-order chi connectivity index (χ0) is 21.9. The Morgan fingerprint density at radius 2 is 1.82 bits per heavy atom. The van der Waals surface area contributed by atoms with Crippen molar-refractivity contribution in [2.24, 2.45) is 0 Å². The zero-order valence-electron chi connectivity index (χ0n) is 13.5. The van der Waals surface area contributed by atoms with Crippen molar-refractivity contribution in [3.8, 4) is 16.9 Å². The maximum Gasteiger partial charge on any atom is 0.522 e. The third-order valence-corrected chi connectivity index (χ3v) is 3.84. The van der Waals surface area contributed by atoms with Crippen LogP contribution in [0, 0.1) is 15.9 Å². The Labute approximate surface area is 158 Å². The van der Waals surface area contributed by atoms with E-state index in [0.717, 1.165) is 6.07 Å². The Hall–Kier alpha value is -2.71. The van der Waals surface area contributed by atoms with Crippen LogP contribution >= 0.6 is 11.6 Å². The molecule has 0 aliphatic rings. The van der Waals surface area contributed by atoms with Gasteiger partial charge in [-0.25, -0.2) is 4.39 Å². The lowest BCUT2D eigenvalue weighted by molar-refractivity contribution is -0.385. The quantitative estimate of drug-likeness (QED) is 0.242. The third-order valence-electron chi connectivity index (χ3n) is 2.94. The molecular formula is C13H9ClF4N2O7S. The molecule has 0 bridgehead atoms. The molecule has 0 radical (unpaired) electrons. The van der Waals surface area contributed by atoms with Gasteiger partial charge in [-0.1, -0.05) is 11.6 Å². The van der Waals surface area contributed by atoms with E-state index >= 15 is 0 Å². The van der Waals surface area contributed by atoms with Crippen LogP contribution in [0.25, 0.3) is 11.1 Å². The molecule has 1 aromatic carbocycles. The van der Waals surface area contributed by atoms with Gasteiger partial charge >= 0.3 is 26.9 Å². The van der Waals surface area contributed by atoms with Crippen molar-refractivity contribution in [1.29, 1.82) is 0 Å². The molecule has 0 atom stereocenters. The normalized spacial score (nSPS) is 11.4. The molecular weight excluding hydrogens is 440 g/mol. The van der Waals surface area contributed by atoms with Gasteiger partial charge in [0, 0.05) is 17.8 Å². The summed E-state index contributed by atoms with van der Waals surface area (Å²) in [5.74, 6) is -0.826. The first kappa shape index (κ1) is 23.3. The molecule has 28 heavy (non-hydrogen) atoms. The van der Waals surface area contributed by atoms with Crippen LogP contribution in [0.15, 0.2) is 29.2 Å². The summed E-state index contributed by atoms with van der Waals surface area (Å²) in [6.07, 6.45) is 1.23. The Balaban J connectivity index is 0.000000416. The molecule has 0 unspecified atom stereocenters. The highest BCUT2D eigenvalue weighted by Gasteiger charge is 2.44. The van der Waals surface area contributed by atoms with E-state index in [-0.39, 0.29) is 21.9 Å². The van der Waals surface area contributed by atoms with Crippen molar-refractivity contribution in [1.82, 2.24) is 4.98 Å². The van der Waals surface area contributed by atoms with Gasteiger partial charge in [0.05, 0.1) is 22.6 Å². The lowest BCUT2D eigenvalue weighted by Gasteiger charge is -2.08.